The molecule has 0 radical (unpaired) electrons. The molecule has 1 saturated heterocycles. The summed E-state index contributed by atoms with van der Waals surface area (Å²) in [6.45, 7) is 1.45. The summed E-state index contributed by atoms with van der Waals surface area (Å²) >= 11 is 6.09. The van der Waals surface area contributed by atoms with Crippen molar-refractivity contribution >= 4 is 46.3 Å². The lowest BCUT2D eigenvalue weighted by molar-refractivity contribution is -0.305. The van der Waals surface area contributed by atoms with Crippen LogP contribution in [-0.4, -0.2) is 27.6 Å². The van der Waals surface area contributed by atoms with E-state index in [9.17, 15) is 14.7 Å². The maximum absolute atomic E-state index is 12.0. The monoisotopic (exact) mass is 292 g/mol. The van der Waals surface area contributed by atoms with Crippen LogP contribution in [0.1, 0.15) is 11.1 Å². The summed E-state index contributed by atoms with van der Waals surface area (Å²) in [6, 6.07) is 7.66. The average molecular weight is 292 g/mol. The van der Waals surface area contributed by atoms with Crippen molar-refractivity contribution in [1.29, 1.82) is 0 Å². The highest BCUT2D eigenvalue weighted by Crippen LogP contribution is 2.32. The Kier molecular flexibility index (Phi) is 4.01. The third-order valence-electron chi connectivity index (χ3n) is 2.50. The summed E-state index contributed by atoms with van der Waals surface area (Å²) in [6.07, 6.45) is 1.71. The van der Waals surface area contributed by atoms with Crippen LogP contribution in [0.25, 0.3) is 6.08 Å². The highest BCUT2D eigenvalue weighted by atomic mass is 32.2. The fourth-order valence-electron chi connectivity index (χ4n) is 1.68. The normalized spacial score (nSPS) is 17.3. The molecule has 0 saturated carbocycles. The van der Waals surface area contributed by atoms with Gasteiger partial charge < -0.3 is 9.90 Å². The molecule has 0 unspecified atom stereocenters. The predicted molar refractivity (Wildman–Crippen MR) is 76.1 cm³/mol. The van der Waals surface area contributed by atoms with Crippen molar-refractivity contribution in [3.63, 3.8) is 0 Å². The Balaban J connectivity index is 2.25. The number of carbonyl (C=O) groups excluding carboxylic acids is 2. The van der Waals surface area contributed by atoms with Gasteiger partial charge in [-0.3, -0.25) is 9.69 Å². The first-order valence-electron chi connectivity index (χ1n) is 5.49. The molecule has 0 spiro atoms. The quantitative estimate of drug-likeness (QED) is 0.613. The van der Waals surface area contributed by atoms with Gasteiger partial charge >= 0.3 is 0 Å². The van der Waals surface area contributed by atoms with Crippen molar-refractivity contribution in [3.8, 4) is 0 Å². The topological polar surface area (TPSA) is 60.4 Å². The van der Waals surface area contributed by atoms with E-state index in [4.69, 9.17) is 12.2 Å². The van der Waals surface area contributed by atoms with Gasteiger partial charge in [-0.25, -0.2) is 0 Å². The molecule has 1 heterocycles. The van der Waals surface area contributed by atoms with Crippen LogP contribution in [0.15, 0.2) is 29.2 Å². The standard InChI is InChI=1S/C13H11NO3S2/c1-8-3-2-4-9(5-8)6-10-12(17)14(7-11(15)16)13(18)19-10/h2-6H,7H2,1H3,(H,15,16)/p-1/b10-6-. The Morgan fingerprint density at radius 1 is 1.53 bits per heavy atom. The van der Waals surface area contributed by atoms with Gasteiger partial charge in [-0.2, -0.15) is 0 Å². The van der Waals surface area contributed by atoms with E-state index in [1.807, 2.05) is 31.2 Å². The number of hydrogen-bond acceptors (Lipinski definition) is 5. The van der Waals surface area contributed by atoms with Crippen LogP contribution in [0.2, 0.25) is 0 Å². The number of carboxylic acid groups (broad SMARTS) is 1. The first kappa shape index (κ1) is 13.8. The Labute approximate surface area is 120 Å². The van der Waals surface area contributed by atoms with Gasteiger partial charge in [0, 0.05) is 0 Å². The second kappa shape index (κ2) is 5.54. The number of rotatable bonds is 3. The van der Waals surface area contributed by atoms with Crippen molar-refractivity contribution < 1.29 is 14.7 Å². The van der Waals surface area contributed by atoms with Crippen LogP contribution < -0.4 is 5.11 Å². The summed E-state index contributed by atoms with van der Waals surface area (Å²) < 4.78 is 0.244. The molecular formula is C13H10NO3S2-. The Morgan fingerprint density at radius 2 is 2.26 bits per heavy atom. The second-order valence-corrected chi connectivity index (χ2v) is 5.73. The predicted octanol–water partition coefficient (Wildman–Crippen LogP) is 0.946. The van der Waals surface area contributed by atoms with Crippen molar-refractivity contribution in [2.45, 2.75) is 6.92 Å². The largest absolute Gasteiger partial charge is 0.548 e. The lowest BCUT2D eigenvalue weighted by Gasteiger charge is -2.14. The minimum absolute atomic E-state index is 0.244. The number of amides is 1. The van der Waals surface area contributed by atoms with Gasteiger partial charge in [0.1, 0.15) is 4.32 Å². The summed E-state index contributed by atoms with van der Waals surface area (Å²) in [5.74, 6) is -1.71. The maximum Gasteiger partial charge on any atom is 0.266 e. The van der Waals surface area contributed by atoms with Gasteiger partial charge in [0.05, 0.1) is 17.4 Å². The number of thioether (sulfide) groups is 1. The number of hydrogen-bond donors (Lipinski definition) is 0. The molecule has 0 atom stereocenters. The fraction of sp³-hybridized carbons (Fsp3) is 0.154. The molecule has 19 heavy (non-hydrogen) atoms. The average Bonchev–Trinajstić information content (AvgIpc) is 2.57. The molecule has 0 aliphatic carbocycles. The SMILES string of the molecule is Cc1cccc(/C=C2\SC(=S)N(CC(=O)[O-])C2=O)c1. The Bertz CT molecular complexity index is 595. The molecule has 1 aliphatic heterocycles. The zero-order valence-electron chi connectivity index (χ0n) is 10.1. The second-order valence-electron chi connectivity index (χ2n) is 4.05. The highest BCUT2D eigenvalue weighted by Gasteiger charge is 2.31. The van der Waals surface area contributed by atoms with Gasteiger partial charge in [-0.15, -0.1) is 0 Å². The maximum atomic E-state index is 12.0. The lowest BCUT2D eigenvalue weighted by atomic mass is 10.1. The number of aliphatic carboxylic acids is 1. The minimum atomic E-state index is -1.33. The van der Waals surface area contributed by atoms with Crippen molar-refractivity contribution in [3.05, 3.63) is 40.3 Å². The lowest BCUT2D eigenvalue weighted by Crippen LogP contribution is -2.40. The molecule has 1 aromatic rings. The molecule has 98 valence electrons. The van der Waals surface area contributed by atoms with Crippen LogP contribution in [-0.2, 0) is 9.59 Å². The van der Waals surface area contributed by atoms with Gasteiger partial charge in [0.2, 0.25) is 0 Å². The third-order valence-corrected chi connectivity index (χ3v) is 3.88. The van der Waals surface area contributed by atoms with E-state index in [-0.39, 0.29) is 10.2 Å². The molecular weight excluding hydrogens is 282 g/mol. The highest BCUT2D eigenvalue weighted by molar-refractivity contribution is 8.26. The van der Waals surface area contributed by atoms with Crippen LogP contribution in [0, 0.1) is 6.92 Å². The van der Waals surface area contributed by atoms with Gasteiger partial charge in [-0.1, -0.05) is 53.8 Å². The number of thiocarbonyl (C=S) groups is 1. The molecule has 1 aliphatic rings. The molecule has 4 nitrogen and oxygen atoms in total. The van der Waals surface area contributed by atoms with Crippen LogP contribution in [0.4, 0.5) is 0 Å². The summed E-state index contributed by atoms with van der Waals surface area (Å²) in [7, 11) is 0. The molecule has 1 aromatic carbocycles. The van der Waals surface area contributed by atoms with Gasteiger partial charge in [0.25, 0.3) is 5.91 Å². The summed E-state index contributed by atoms with van der Waals surface area (Å²) in [5.41, 5.74) is 1.97. The molecule has 0 bridgehead atoms. The Hall–Kier alpha value is -1.66. The number of aryl methyl sites for hydroxylation is 1. The van der Waals surface area contributed by atoms with Crippen LogP contribution >= 0.6 is 24.0 Å². The molecule has 0 N–H and O–H groups in total. The number of carbonyl (C=O) groups is 2. The number of carboxylic acids is 1. The van der Waals surface area contributed by atoms with Gasteiger partial charge in [0.15, 0.2) is 0 Å². The van der Waals surface area contributed by atoms with Gasteiger partial charge in [-0.05, 0) is 18.6 Å². The fourth-order valence-corrected chi connectivity index (χ4v) is 2.93. The van der Waals surface area contributed by atoms with E-state index in [2.05, 4.69) is 0 Å². The summed E-state index contributed by atoms with van der Waals surface area (Å²) in [5, 5.41) is 10.6. The smallest absolute Gasteiger partial charge is 0.266 e. The third kappa shape index (κ3) is 3.21. The number of benzene rings is 1. The zero-order chi connectivity index (χ0) is 14.0. The van der Waals surface area contributed by atoms with E-state index in [0.29, 0.717) is 4.91 Å². The zero-order valence-corrected chi connectivity index (χ0v) is 11.7. The minimum Gasteiger partial charge on any atom is -0.548 e. The van der Waals surface area contributed by atoms with E-state index >= 15 is 0 Å². The summed E-state index contributed by atoms with van der Waals surface area (Å²) in [4.78, 5) is 24.0. The van der Waals surface area contributed by atoms with E-state index in [0.717, 1.165) is 27.8 Å². The van der Waals surface area contributed by atoms with Crippen molar-refractivity contribution in [2.75, 3.05) is 6.54 Å². The first-order chi connectivity index (χ1) is 8.97. The Morgan fingerprint density at radius 3 is 2.89 bits per heavy atom. The van der Waals surface area contributed by atoms with Crippen LogP contribution in [0.5, 0.6) is 0 Å². The van der Waals surface area contributed by atoms with Crippen molar-refractivity contribution in [2.24, 2.45) is 0 Å². The van der Waals surface area contributed by atoms with E-state index in [1.54, 1.807) is 6.08 Å². The molecule has 0 aromatic heterocycles. The van der Waals surface area contributed by atoms with E-state index in [1.165, 1.54) is 0 Å². The van der Waals surface area contributed by atoms with Crippen molar-refractivity contribution in [1.82, 2.24) is 4.90 Å². The molecule has 1 amide bonds. The first-order valence-corrected chi connectivity index (χ1v) is 6.72. The molecule has 6 heteroatoms. The molecule has 1 fully saturated rings. The van der Waals surface area contributed by atoms with E-state index < -0.39 is 12.5 Å². The number of nitrogens with zero attached hydrogens (tertiary/aromatic N) is 1. The van der Waals surface area contributed by atoms with Crippen LogP contribution in [0.3, 0.4) is 0 Å². The molecule has 2 rings (SSSR count).